The van der Waals surface area contributed by atoms with Crippen molar-refractivity contribution in [3.63, 3.8) is 0 Å². The van der Waals surface area contributed by atoms with Crippen LogP contribution in [0.3, 0.4) is 0 Å². The van der Waals surface area contributed by atoms with Gasteiger partial charge >= 0.3 is 5.69 Å². The number of aryl methyl sites for hydroxylation is 2. The summed E-state index contributed by atoms with van der Waals surface area (Å²) in [6.07, 6.45) is 3.12. The molecule has 1 aromatic carbocycles. The smallest absolute Gasteiger partial charge is 0.349 e. The minimum Gasteiger partial charge on any atom is -0.383 e. The van der Waals surface area contributed by atoms with Gasteiger partial charge < -0.3 is 5.73 Å². The topological polar surface area (TPSA) is 98.3 Å². The van der Waals surface area contributed by atoms with Crippen LogP contribution in [0.2, 0.25) is 0 Å². The molecule has 1 fully saturated rings. The largest absolute Gasteiger partial charge is 0.383 e. The van der Waals surface area contributed by atoms with Crippen LogP contribution in [-0.2, 0) is 16.6 Å². The van der Waals surface area contributed by atoms with E-state index in [9.17, 15) is 13.2 Å². The lowest BCUT2D eigenvalue weighted by molar-refractivity contribution is 0.347. The molecule has 1 aromatic heterocycles. The lowest BCUT2D eigenvalue weighted by atomic mass is 10.2. The van der Waals surface area contributed by atoms with Gasteiger partial charge in [-0.05, 0) is 38.8 Å². The van der Waals surface area contributed by atoms with E-state index in [-0.39, 0.29) is 23.3 Å². The second-order valence-electron chi connectivity index (χ2n) is 6.47. The Kier molecular flexibility index (Phi) is 4.66. The van der Waals surface area contributed by atoms with Gasteiger partial charge in [0, 0.05) is 30.9 Å². The summed E-state index contributed by atoms with van der Waals surface area (Å²) in [6, 6.07) is 6.56. The minimum absolute atomic E-state index is 0.205. The highest BCUT2D eigenvalue weighted by Crippen LogP contribution is 2.27. The maximum absolute atomic E-state index is 13.0. The average Bonchev–Trinajstić information content (AvgIpc) is 3.02. The van der Waals surface area contributed by atoms with Gasteiger partial charge in [-0.15, -0.1) is 0 Å². The summed E-state index contributed by atoms with van der Waals surface area (Å²) in [4.78, 5) is 16.1. The van der Waals surface area contributed by atoms with Crippen LogP contribution in [0.4, 0.5) is 5.82 Å². The fourth-order valence-electron chi connectivity index (χ4n) is 3.12. The van der Waals surface area contributed by atoms with E-state index in [2.05, 4.69) is 4.98 Å². The molecule has 0 spiro atoms. The van der Waals surface area contributed by atoms with E-state index in [1.165, 1.54) is 8.87 Å². The molecule has 0 amide bonds. The number of nitrogen functional groups attached to an aromatic ring is 1. The van der Waals surface area contributed by atoms with Crippen LogP contribution in [0.5, 0.6) is 0 Å². The van der Waals surface area contributed by atoms with Crippen molar-refractivity contribution in [2.45, 2.75) is 44.2 Å². The van der Waals surface area contributed by atoms with Gasteiger partial charge in [0.05, 0.1) is 4.90 Å². The van der Waals surface area contributed by atoms with Gasteiger partial charge in [-0.25, -0.2) is 13.2 Å². The predicted molar refractivity (Wildman–Crippen MR) is 95.7 cm³/mol. The summed E-state index contributed by atoms with van der Waals surface area (Å²) >= 11 is 0. The first kappa shape index (κ1) is 17.6. The third kappa shape index (κ3) is 3.45. The molecule has 2 aromatic rings. The van der Waals surface area contributed by atoms with E-state index in [1.54, 1.807) is 37.4 Å². The molecule has 1 aliphatic rings. The van der Waals surface area contributed by atoms with Gasteiger partial charge in [0.2, 0.25) is 10.0 Å². The molecule has 0 unspecified atom stereocenters. The second kappa shape index (κ2) is 6.61. The first-order chi connectivity index (χ1) is 11.8. The van der Waals surface area contributed by atoms with Crippen molar-refractivity contribution in [1.29, 1.82) is 0 Å². The van der Waals surface area contributed by atoms with Crippen molar-refractivity contribution in [3.05, 3.63) is 52.1 Å². The number of rotatable bonds is 4. The molecule has 0 bridgehead atoms. The van der Waals surface area contributed by atoms with E-state index in [0.29, 0.717) is 18.5 Å². The fourth-order valence-corrected chi connectivity index (χ4v) is 4.81. The van der Waals surface area contributed by atoms with Gasteiger partial charge in [0.15, 0.2) is 0 Å². The summed E-state index contributed by atoms with van der Waals surface area (Å²) in [5, 5.41) is 0. The van der Waals surface area contributed by atoms with E-state index in [1.807, 2.05) is 6.92 Å². The monoisotopic (exact) mass is 362 g/mol. The zero-order chi connectivity index (χ0) is 18.2. The Balaban J connectivity index is 1.89. The Morgan fingerprint density at radius 1 is 1.24 bits per heavy atom. The Labute approximate surface area is 147 Å². The van der Waals surface area contributed by atoms with Crippen LogP contribution in [0.1, 0.15) is 24.0 Å². The first-order valence-corrected chi connectivity index (χ1v) is 9.65. The average molecular weight is 362 g/mol. The normalized spacial score (nSPS) is 18.6. The zero-order valence-electron chi connectivity index (χ0n) is 14.3. The minimum atomic E-state index is -3.58. The third-order valence-electron chi connectivity index (χ3n) is 4.57. The summed E-state index contributed by atoms with van der Waals surface area (Å²) in [7, 11) is -3.58. The van der Waals surface area contributed by atoms with E-state index in [0.717, 1.165) is 12.0 Å². The molecule has 25 heavy (non-hydrogen) atoms. The van der Waals surface area contributed by atoms with Crippen LogP contribution in [-0.4, -0.2) is 34.9 Å². The molecule has 0 radical (unpaired) electrons. The molecule has 0 aliphatic carbocycles. The summed E-state index contributed by atoms with van der Waals surface area (Å²) in [5.41, 5.74) is 6.90. The molecule has 2 heterocycles. The predicted octanol–water partition coefficient (Wildman–Crippen LogP) is 1.30. The standard InChI is InChI=1S/C17H22N4O3S/c1-12-5-7-15(8-6-12)25(23,24)21-9-3-4-14(21)11-20-10-13(2)16(18)19-17(20)22/h5-8,10,14H,3-4,9,11H2,1-2H3,(H2,18,19,22)/t14-/m0/s1. The number of hydrogen-bond acceptors (Lipinski definition) is 5. The van der Waals surface area contributed by atoms with Gasteiger partial charge in [0.1, 0.15) is 5.82 Å². The quantitative estimate of drug-likeness (QED) is 0.884. The Bertz CT molecular complexity index is 935. The van der Waals surface area contributed by atoms with Crippen molar-refractivity contribution in [3.8, 4) is 0 Å². The SMILES string of the molecule is Cc1ccc(S(=O)(=O)N2CCC[C@H]2Cn2cc(C)c(N)nc2=O)cc1. The number of anilines is 1. The van der Waals surface area contributed by atoms with Crippen LogP contribution < -0.4 is 11.4 Å². The zero-order valence-corrected chi connectivity index (χ0v) is 15.2. The molecule has 134 valence electrons. The van der Waals surface area contributed by atoms with Gasteiger partial charge in [-0.3, -0.25) is 4.57 Å². The Morgan fingerprint density at radius 3 is 2.60 bits per heavy atom. The number of sulfonamides is 1. The maximum atomic E-state index is 13.0. The molecule has 7 nitrogen and oxygen atoms in total. The third-order valence-corrected chi connectivity index (χ3v) is 6.54. The molecule has 1 aliphatic heterocycles. The highest BCUT2D eigenvalue weighted by atomic mass is 32.2. The van der Waals surface area contributed by atoms with Crippen molar-refractivity contribution in [2.75, 3.05) is 12.3 Å². The summed E-state index contributed by atoms with van der Waals surface area (Å²) < 4.78 is 28.9. The summed E-state index contributed by atoms with van der Waals surface area (Å²) in [5.74, 6) is 0.205. The molecule has 8 heteroatoms. The van der Waals surface area contributed by atoms with Crippen LogP contribution >= 0.6 is 0 Å². The molecular weight excluding hydrogens is 340 g/mol. The molecule has 0 saturated carbocycles. The number of aromatic nitrogens is 2. The number of hydrogen-bond donors (Lipinski definition) is 1. The van der Waals surface area contributed by atoms with E-state index < -0.39 is 15.7 Å². The van der Waals surface area contributed by atoms with Gasteiger partial charge in [-0.2, -0.15) is 9.29 Å². The molecule has 1 atom stereocenters. The molecule has 1 saturated heterocycles. The van der Waals surface area contributed by atoms with E-state index in [4.69, 9.17) is 5.73 Å². The summed E-state index contributed by atoms with van der Waals surface area (Å²) in [6.45, 7) is 4.42. The van der Waals surface area contributed by atoms with Gasteiger partial charge in [0.25, 0.3) is 0 Å². The van der Waals surface area contributed by atoms with Crippen molar-refractivity contribution in [1.82, 2.24) is 13.9 Å². The highest BCUT2D eigenvalue weighted by molar-refractivity contribution is 7.89. The van der Waals surface area contributed by atoms with Gasteiger partial charge in [-0.1, -0.05) is 17.7 Å². The van der Waals surface area contributed by atoms with Crippen LogP contribution in [0, 0.1) is 13.8 Å². The lowest BCUT2D eigenvalue weighted by Gasteiger charge is -2.24. The Morgan fingerprint density at radius 2 is 1.92 bits per heavy atom. The molecule has 3 rings (SSSR count). The number of nitrogens with two attached hydrogens (primary N) is 1. The lowest BCUT2D eigenvalue weighted by Crippen LogP contribution is -2.40. The number of nitrogens with zero attached hydrogens (tertiary/aromatic N) is 3. The van der Waals surface area contributed by atoms with Crippen LogP contribution in [0.15, 0.2) is 40.2 Å². The van der Waals surface area contributed by atoms with Crippen molar-refractivity contribution < 1.29 is 8.42 Å². The van der Waals surface area contributed by atoms with E-state index >= 15 is 0 Å². The molecule has 2 N–H and O–H groups in total. The highest BCUT2D eigenvalue weighted by Gasteiger charge is 2.35. The second-order valence-corrected chi connectivity index (χ2v) is 8.36. The van der Waals surface area contributed by atoms with Crippen LogP contribution in [0.25, 0.3) is 0 Å². The maximum Gasteiger partial charge on any atom is 0.349 e. The van der Waals surface area contributed by atoms with Crippen molar-refractivity contribution >= 4 is 15.8 Å². The van der Waals surface area contributed by atoms with Crippen molar-refractivity contribution in [2.24, 2.45) is 0 Å². The first-order valence-electron chi connectivity index (χ1n) is 8.21. The number of benzene rings is 1. The fraction of sp³-hybridized carbons (Fsp3) is 0.412. The Hall–Kier alpha value is -2.19. The molecular formula is C17H22N4O3S.